The smallest absolute Gasteiger partial charge is 0.228 e. The molecular formula is C18H19Cl2N3O3. The minimum absolute atomic E-state index is 0.0879. The third-order valence-electron chi connectivity index (χ3n) is 4.56. The van der Waals surface area contributed by atoms with Gasteiger partial charge in [-0.15, -0.1) is 0 Å². The highest BCUT2D eigenvalue weighted by Crippen LogP contribution is 2.33. The van der Waals surface area contributed by atoms with Crippen molar-refractivity contribution in [2.75, 3.05) is 10.6 Å². The van der Waals surface area contributed by atoms with Crippen LogP contribution in [0.5, 0.6) is 0 Å². The summed E-state index contributed by atoms with van der Waals surface area (Å²) in [7, 11) is 0. The van der Waals surface area contributed by atoms with Crippen LogP contribution in [0.4, 0.5) is 11.5 Å². The average molecular weight is 396 g/mol. The molecule has 1 aliphatic carbocycles. The fourth-order valence-corrected chi connectivity index (χ4v) is 3.45. The van der Waals surface area contributed by atoms with Crippen LogP contribution >= 0.6 is 23.2 Å². The number of benzene rings is 1. The third-order valence-corrected chi connectivity index (χ3v) is 5.38. The van der Waals surface area contributed by atoms with Crippen LogP contribution in [0.1, 0.15) is 31.4 Å². The van der Waals surface area contributed by atoms with Crippen molar-refractivity contribution < 1.29 is 14.1 Å². The summed E-state index contributed by atoms with van der Waals surface area (Å²) in [6.07, 6.45) is 2.56. The van der Waals surface area contributed by atoms with Crippen molar-refractivity contribution in [1.82, 2.24) is 5.16 Å². The molecule has 2 N–H and O–H groups in total. The second-order valence-electron chi connectivity index (χ2n) is 6.45. The molecule has 0 atom stereocenters. The molecule has 0 saturated heterocycles. The molecule has 1 aliphatic rings. The first-order chi connectivity index (χ1) is 12.4. The van der Waals surface area contributed by atoms with E-state index in [9.17, 15) is 9.59 Å². The normalized spacial score (nSPS) is 19.8. The van der Waals surface area contributed by atoms with Crippen molar-refractivity contribution in [1.29, 1.82) is 0 Å². The van der Waals surface area contributed by atoms with E-state index in [1.807, 2.05) is 0 Å². The van der Waals surface area contributed by atoms with Crippen LogP contribution < -0.4 is 10.6 Å². The number of nitrogens with one attached hydrogen (secondary N) is 2. The highest BCUT2D eigenvalue weighted by atomic mass is 35.5. The number of rotatable bonds is 4. The van der Waals surface area contributed by atoms with Gasteiger partial charge in [-0.1, -0.05) is 34.4 Å². The molecule has 1 aromatic heterocycles. The topological polar surface area (TPSA) is 84.2 Å². The Kier molecular flexibility index (Phi) is 5.84. The van der Waals surface area contributed by atoms with E-state index in [-0.39, 0.29) is 23.7 Å². The predicted molar refractivity (Wildman–Crippen MR) is 100 cm³/mol. The molecule has 1 saturated carbocycles. The van der Waals surface area contributed by atoms with Gasteiger partial charge >= 0.3 is 0 Å². The van der Waals surface area contributed by atoms with Gasteiger partial charge in [-0.3, -0.25) is 9.59 Å². The Labute approximate surface area is 161 Å². The van der Waals surface area contributed by atoms with Gasteiger partial charge in [-0.05, 0) is 44.7 Å². The molecule has 8 heteroatoms. The molecule has 26 heavy (non-hydrogen) atoms. The van der Waals surface area contributed by atoms with Gasteiger partial charge in [0.15, 0.2) is 5.82 Å². The lowest BCUT2D eigenvalue weighted by molar-refractivity contribution is -0.125. The van der Waals surface area contributed by atoms with Crippen LogP contribution in [0.3, 0.4) is 0 Å². The summed E-state index contributed by atoms with van der Waals surface area (Å²) >= 11 is 12.1. The summed E-state index contributed by atoms with van der Waals surface area (Å²) in [6.45, 7) is 1.76. The van der Waals surface area contributed by atoms with Crippen LogP contribution in [0.2, 0.25) is 10.0 Å². The molecule has 6 nitrogen and oxygen atoms in total. The van der Waals surface area contributed by atoms with Crippen molar-refractivity contribution >= 4 is 46.5 Å². The number of hydrogen-bond donors (Lipinski definition) is 2. The van der Waals surface area contributed by atoms with E-state index in [0.29, 0.717) is 53.0 Å². The van der Waals surface area contributed by atoms with Crippen LogP contribution in [-0.2, 0) is 9.59 Å². The molecule has 0 bridgehead atoms. The molecule has 1 heterocycles. The van der Waals surface area contributed by atoms with Gasteiger partial charge in [0.2, 0.25) is 11.8 Å². The van der Waals surface area contributed by atoms with Crippen molar-refractivity contribution in [3.63, 3.8) is 0 Å². The van der Waals surface area contributed by atoms with E-state index in [4.69, 9.17) is 27.7 Å². The van der Waals surface area contributed by atoms with Crippen molar-refractivity contribution in [2.24, 2.45) is 11.8 Å². The maximum absolute atomic E-state index is 12.5. The molecule has 0 unspecified atom stereocenters. The Bertz CT molecular complexity index is 814. The van der Waals surface area contributed by atoms with Crippen LogP contribution in [-0.4, -0.2) is 17.0 Å². The Morgan fingerprint density at radius 2 is 1.69 bits per heavy atom. The minimum atomic E-state index is -0.150. The number of aromatic nitrogens is 1. The number of hydrogen-bond acceptors (Lipinski definition) is 4. The number of carbonyl (C=O) groups excluding carboxylic acids is 2. The summed E-state index contributed by atoms with van der Waals surface area (Å²) in [4.78, 5) is 24.8. The lowest BCUT2D eigenvalue weighted by atomic mass is 9.81. The SMILES string of the molecule is Cc1cc(NC(=O)C2CCC(C(=O)Nc3cccc(Cl)c3Cl)CC2)no1. The summed E-state index contributed by atoms with van der Waals surface area (Å²) in [5.41, 5.74) is 0.505. The monoisotopic (exact) mass is 395 g/mol. The van der Waals surface area contributed by atoms with Crippen LogP contribution in [0.25, 0.3) is 0 Å². The minimum Gasteiger partial charge on any atom is -0.360 e. The van der Waals surface area contributed by atoms with E-state index in [0.717, 1.165) is 0 Å². The highest BCUT2D eigenvalue weighted by Gasteiger charge is 2.30. The Balaban J connectivity index is 1.52. The maximum Gasteiger partial charge on any atom is 0.228 e. The van der Waals surface area contributed by atoms with E-state index >= 15 is 0 Å². The Morgan fingerprint density at radius 3 is 2.27 bits per heavy atom. The highest BCUT2D eigenvalue weighted by molar-refractivity contribution is 6.44. The van der Waals surface area contributed by atoms with Gasteiger partial charge in [-0.2, -0.15) is 0 Å². The molecule has 0 radical (unpaired) electrons. The van der Waals surface area contributed by atoms with E-state index < -0.39 is 0 Å². The van der Waals surface area contributed by atoms with Crippen LogP contribution in [0.15, 0.2) is 28.8 Å². The zero-order chi connectivity index (χ0) is 18.7. The van der Waals surface area contributed by atoms with Gasteiger partial charge in [0.1, 0.15) is 5.76 Å². The third kappa shape index (κ3) is 4.37. The number of amides is 2. The van der Waals surface area contributed by atoms with Gasteiger partial charge < -0.3 is 15.2 Å². The largest absolute Gasteiger partial charge is 0.360 e. The summed E-state index contributed by atoms with van der Waals surface area (Å²) in [6, 6.07) is 6.78. The molecular weight excluding hydrogens is 377 g/mol. The first-order valence-electron chi connectivity index (χ1n) is 8.43. The van der Waals surface area contributed by atoms with Gasteiger partial charge in [-0.25, -0.2) is 0 Å². The number of anilines is 2. The first-order valence-corrected chi connectivity index (χ1v) is 9.18. The lowest BCUT2D eigenvalue weighted by Crippen LogP contribution is -2.32. The molecule has 0 spiro atoms. The van der Waals surface area contributed by atoms with Gasteiger partial charge in [0.05, 0.1) is 15.7 Å². The molecule has 1 fully saturated rings. The quantitative estimate of drug-likeness (QED) is 0.787. The summed E-state index contributed by atoms with van der Waals surface area (Å²) in [5.74, 6) is 0.590. The molecule has 2 amide bonds. The first kappa shape index (κ1) is 18.7. The van der Waals surface area contributed by atoms with E-state index in [2.05, 4.69) is 15.8 Å². The predicted octanol–water partition coefficient (Wildman–Crippen LogP) is 4.67. The summed E-state index contributed by atoms with van der Waals surface area (Å²) < 4.78 is 4.94. The fraction of sp³-hybridized carbons (Fsp3) is 0.389. The van der Waals surface area contributed by atoms with Gasteiger partial charge in [0.25, 0.3) is 0 Å². The van der Waals surface area contributed by atoms with Crippen molar-refractivity contribution in [3.05, 3.63) is 40.1 Å². The van der Waals surface area contributed by atoms with Crippen molar-refractivity contribution in [3.8, 4) is 0 Å². The number of aryl methyl sites for hydroxylation is 1. The Morgan fingerprint density at radius 1 is 1.08 bits per heavy atom. The van der Waals surface area contributed by atoms with E-state index in [1.165, 1.54) is 0 Å². The van der Waals surface area contributed by atoms with E-state index in [1.54, 1.807) is 31.2 Å². The second-order valence-corrected chi connectivity index (χ2v) is 7.24. The molecule has 138 valence electrons. The molecule has 3 rings (SSSR count). The molecule has 2 aromatic rings. The standard InChI is InChI=1S/C18H19Cl2N3O3/c1-10-9-15(23-26-10)22-18(25)12-7-5-11(6-8-12)17(24)21-14-4-2-3-13(19)16(14)20/h2-4,9,11-12H,5-8H2,1H3,(H,21,24)(H,22,23,25). The number of nitrogens with zero attached hydrogens (tertiary/aromatic N) is 1. The fourth-order valence-electron chi connectivity index (χ4n) is 3.11. The number of carbonyl (C=O) groups is 2. The zero-order valence-electron chi connectivity index (χ0n) is 14.2. The summed E-state index contributed by atoms with van der Waals surface area (Å²) in [5, 5.41) is 10.1. The number of halogens is 2. The lowest BCUT2D eigenvalue weighted by Gasteiger charge is -2.26. The zero-order valence-corrected chi connectivity index (χ0v) is 15.7. The van der Waals surface area contributed by atoms with Crippen LogP contribution in [0, 0.1) is 18.8 Å². The molecule has 1 aromatic carbocycles. The second kappa shape index (κ2) is 8.10. The van der Waals surface area contributed by atoms with Gasteiger partial charge in [0, 0.05) is 17.9 Å². The van der Waals surface area contributed by atoms with Crippen molar-refractivity contribution in [2.45, 2.75) is 32.6 Å². The molecule has 0 aliphatic heterocycles. The Hall–Kier alpha value is -2.05. The maximum atomic E-state index is 12.5. The average Bonchev–Trinajstić information content (AvgIpc) is 3.04.